The van der Waals surface area contributed by atoms with Gasteiger partial charge in [-0.1, -0.05) is 78.9 Å². The lowest BCUT2D eigenvalue weighted by Crippen LogP contribution is -2.40. The van der Waals surface area contributed by atoms with E-state index in [0.29, 0.717) is 0 Å². The summed E-state index contributed by atoms with van der Waals surface area (Å²) in [6.45, 7) is 0. The molecule has 1 unspecified atom stereocenters. The van der Waals surface area contributed by atoms with Crippen LogP contribution in [0.4, 0.5) is 5.69 Å². The van der Waals surface area contributed by atoms with Gasteiger partial charge in [0.2, 0.25) is 0 Å². The average Bonchev–Trinajstić information content (AvgIpc) is 3.39. The highest BCUT2D eigenvalue weighted by molar-refractivity contribution is 5.68. The lowest BCUT2D eigenvalue weighted by Gasteiger charge is -2.44. The number of nitrogens with zero attached hydrogens (tertiary/aromatic N) is 1. The largest absolute Gasteiger partial charge is 0.508 e. The molecule has 5 nitrogen and oxygen atoms in total. The quantitative estimate of drug-likeness (QED) is 0.307. The first-order valence-corrected chi connectivity index (χ1v) is 11.2. The number of ether oxygens (including phenoxy) is 1. The van der Waals surface area contributed by atoms with E-state index in [9.17, 15) is 5.11 Å². The first-order valence-electron chi connectivity index (χ1n) is 11.2. The third-order valence-electron chi connectivity index (χ3n) is 6.36. The van der Waals surface area contributed by atoms with Crippen LogP contribution in [0.5, 0.6) is 5.75 Å². The molecular weight excluding hydrogens is 422 g/mol. The Morgan fingerprint density at radius 1 is 0.735 bits per heavy atom. The zero-order valence-electron chi connectivity index (χ0n) is 18.3. The number of fused-ring (bicyclic) bond motifs is 1. The van der Waals surface area contributed by atoms with Gasteiger partial charge in [0.25, 0.3) is 0 Å². The molecule has 1 atom stereocenters. The number of hydrogen-bond donors (Lipinski definition) is 3. The minimum absolute atomic E-state index is 0.220. The van der Waals surface area contributed by atoms with Gasteiger partial charge < -0.3 is 15.2 Å². The second-order valence-corrected chi connectivity index (χ2v) is 8.35. The second-order valence-electron chi connectivity index (χ2n) is 8.35. The lowest BCUT2D eigenvalue weighted by molar-refractivity contribution is -0.0429. The highest BCUT2D eigenvalue weighted by atomic mass is 16.5. The van der Waals surface area contributed by atoms with Gasteiger partial charge in [0.15, 0.2) is 6.23 Å². The second kappa shape index (κ2) is 8.21. The third-order valence-corrected chi connectivity index (χ3v) is 6.36. The lowest BCUT2D eigenvalue weighted by atomic mass is 9.78. The molecule has 0 aliphatic carbocycles. The number of anilines is 1. The summed E-state index contributed by atoms with van der Waals surface area (Å²) in [4.78, 5) is 0. The zero-order chi connectivity index (χ0) is 23.0. The van der Waals surface area contributed by atoms with Gasteiger partial charge in [-0.15, -0.1) is 0 Å². The van der Waals surface area contributed by atoms with Gasteiger partial charge in [-0.3, -0.25) is 5.10 Å². The van der Waals surface area contributed by atoms with Crippen LogP contribution >= 0.6 is 0 Å². The molecule has 3 N–H and O–H groups in total. The normalized spacial score (nSPS) is 16.4. The summed E-state index contributed by atoms with van der Waals surface area (Å²) in [7, 11) is 0. The molecule has 6 rings (SSSR count). The van der Waals surface area contributed by atoms with E-state index in [1.165, 1.54) is 0 Å². The molecule has 0 saturated heterocycles. The Hall–Kier alpha value is -4.35. The smallest absolute Gasteiger partial charge is 0.159 e. The van der Waals surface area contributed by atoms with E-state index in [4.69, 9.17) is 4.74 Å². The molecular formula is C29H23N3O2. The summed E-state index contributed by atoms with van der Waals surface area (Å²) in [5, 5.41) is 20.8. The van der Waals surface area contributed by atoms with Crippen molar-refractivity contribution in [3.05, 3.63) is 138 Å². The predicted molar refractivity (Wildman–Crippen MR) is 132 cm³/mol. The van der Waals surface area contributed by atoms with E-state index in [1.54, 1.807) is 18.3 Å². The van der Waals surface area contributed by atoms with Gasteiger partial charge in [0, 0.05) is 22.4 Å². The number of aromatic hydroxyl groups is 1. The number of aromatic amines is 1. The maximum absolute atomic E-state index is 9.74. The molecule has 4 aromatic carbocycles. The topological polar surface area (TPSA) is 70.2 Å². The van der Waals surface area contributed by atoms with E-state index in [1.807, 2.05) is 60.7 Å². The molecule has 5 aromatic rings. The number of hydrogen-bond acceptors (Lipinski definition) is 4. The fourth-order valence-corrected chi connectivity index (χ4v) is 4.78. The minimum Gasteiger partial charge on any atom is -0.508 e. The maximum Gasteiger partial charge on any atom is 0.159 e. The summed E-state index contributed by atoms with van der Waals surface area (Å²) in [5.74, 6) is 0.220. The Morgan fingerprint density at radius 3 is 2.03 bits per heavy atom. The van der Waals surface area contributed by atoms with Crippen LogP contribution in [0.25, 0.3) is 11.3 Å². The number of H-pyrrole nitrogens is 1. The molecule has 0 bridgehead atoms. The van der Waals surface area contributed by atoms with E-state index < -0.39 is 11.8 Å². The van der Waals surface area contributed by atoms with E-state index in [2.05, 4.69) is 51.9 Å². The fraction of sp³-hybridized carbons (Fsp3) is 0.0690. The number of nitrogens with one attached hydrogen (secondary N) is 2. The van der Waals surface area contributed by atoms with Gasteiger partial charge in [-0.2, -0.15) is 5.10 Å². The molecule has 34 heavy (non-hydrogen) atoms. The summed E-state index contributed by atoms with van der Waals surface area (Å²) < 4.78 is 7.08. The van der Waals surface area contributed by atoms with E-state index in [0.717, 1.165) is 39.2 Å². The standard InChI is InChI=1S/C29H23N3O2/c33-23-17-15-20(16-18-23)27-24(19-30-32-27)28-31-26-14-8-7-13-25(26)29(34-28,21-9-3-1-4-10-21)22-11-5-2-6-12-22/h1-19,28,31,33H,(H,30,32). The maximum atomic E-state index is 9.74. The molecule has 0 radical (unpaired) electrons. The molecule has 5 heteroatoms. The molecule has 1 aromatic heterocycles. The van der Waals surface area contributed by atoms with E-state index >= 15 is 0 Å². The van der Waals surface area contributed by atoms with Crippen molar-refractivity contribution >= 4 is 5.69 Å². The number of para-hydroxylation sites is 1. The molecule has 166 valence electrons. The van der Waals surface area contributed by atoms with Crippen LogP contribution in [0.3, 0.4) is 0 Å². The van der Waals surface area contributed by atoms with Crippen LogP contribution in [-0.4, -0.2) is 15.3 Å². The number of aromatic nitrogens is 2. The van der Waals surface area contributed by atoms with E-state index in [-0.39, 0.29) is 5.75 Å². The summed E-state index contributed by atoms with van der Waals surface area (Å²) in [5.41, 5.74) is 5.98. The minimum atomic E-state index is -0.821. The first-order chi connectivity index (χ1) is 16.8. The summed E-state index contributed by atoms with van der Waals surface area (Å²) >= 11 is 0. The van der Waals surface area contributed by atoms with Gasteiger partial charge >= 0.3 is 0 Å². The van der Waals surface area contributed by atoms with Crippen LogP contribution < -0.4 is 5.32 Å². The summed E-state index contributed by atoms with van der Waals surface area (Å²) in [6.07, 6.45) is 1.33. The van der Waals surface area contributed by atoms with Crippen molar-refractivity contribution in [2.24, 2.45) is 0 Å². The Labute approximate surface area is 197 Å². The van der Waals surface area contributed by atoms with Gasteiger partial charge in [-0.25, -0.2) is 0 Å². The van der Waals surface area contributed by atoms with Crippen molar-refractivity contribution in [3.8, 4) is 17.0 Å². The summed E-state index contributed by atoms with van der Waals surface area (Å²) in [6, 6.07) is 36.0. The molecule has 1 aliphatic rings. The molecule has 2 heterocycles. The average molecular weight is 446 g/mol. The van der Waals surface area contributed by atoms with Crippen LogP contribution in [0.15, 0.2) is 115 Å². The van der Waals surface area contributed by atoms with Gasteiger partial charge in [0.1, 0.15) is 11.4 Å². The Kier molecular flexibility index (Phi) is 4.90. The molecule has 0 fully saturated rings. The Morgan fingerprint density at radius 2 is 1.35 bits per heavy atom. The van der Waals surface area contributed by atoms with Crippen LogP contribution in [0, 0.1) is 0 Å². The van der Waals surface area contributed by atoms with Crippen molar-refractivity contribution in [1.82, 2.24) is 10.2 Å². The third kappa shape index (κ3) is 3.26. The SMILES string of the molecule is Oc1ccc(-c2[nH]ncc2C2Nc3ccccc3C(c3ccccc3)(c3ccccc3)O2)cc1. The molecule has 0 spiro atoms. The van der Waals surface area contributed by atoms with Crippen molar-refractivity contribution in [3.63, 3.8) is 0 Å². The monoisotopic (exact) mass is 445 g/mol. The molecule has 0 saturated carbocycles. The van der Waals surface area contributed by atoms with Crippen molar-refractivity contribution in [1.29, 1.82) is 0 Å². The Bertz CT molecular complexity index is 1370. The van der Waals surface area contributed by atoms with Crippen molar-refractivity contribution in [2.45, 2.75) is 11.8 Å². The fourth-order valence-electron chi connectivity index (χ4n) is 4.78. The van der Waals surface area contributed by atoms with Gasteiger partial charge in [0.05, 0.1) is 11.9 Å². The highest BCUT2D eigenvalue weighted by Crippen LogP contribution is 2.50. The number of benzene rings is 4. The zero-order valence-corrected chi connectivity index (χ0v) is 18.3. The van der Waals surface area contributed by atoms with Crippen LogP contribution in [0.2, 0.25) is 0 Å². The molecule has 1 aliphatic heterocycles. The number of phenols is 1. The van der Waals surface area contributed by atoms with Crippen molar-refractivity contribution < 1.29 is 9.84 Å². The van der Waals surface area contributed by atoms with Crippen LogP contribution in [0.1, 0.15) is 28.5 Å². The number of phenolic OH excluding ortho intramolecular Hbond substituents is 1. The van der Waals surface area contributed by atoms with Crippen LogP contribution in [-0.2, 0) is 10.3 Å². The first kappa shape index (κ1) is 20.3. The van der Waals surface area contributed by atoms with Crippen molar-refractivity contribution in [2.75, 3.05) is 5.32 Å². The van der Waals surface area contributed by atoms with Gasteiger partial charge in [-0.05, 0) is 41.5 Å². The number of rotatable bonds is 4. The molecule has 0 amide bonds. The Balaban J connectivity index is 1.56. The highest BCUT2D eigenvalue weighted by Gasteiger charge is 2.45. The predicted octanol–water partition coefficient (Wildman–Crippen LogP) is 6.22.